The highest BCUT2D eigenvalue weighted by atomic mass is 19.3. The van der Waals surface area contributed by atoms with Gasteiger partial charge in [-0.15, -0.1) is 0 Å². The van der Waals surface area contributed by atoms with E-state index in [0.29, 0.717) is 37.7 Å². The Morgan fingerprint density at radius 1 is 1.16 bits per heavy atom. The van der Waals surface area contributed by atoms with Gasteiger partial charge in [0.05, 0.1) is 24.9 Å². The van der Waals surface area contributed by atoms with Crippen LogP contribution in [0.15, 0.2) is 36.5 Å². The summed E-state index contributed by atoms with van der Waals surface area (Å²) in [6.45, 7) is 4.40. The number of nitrogens with zero attached hydrogens (tertiary/aromatic N) is 2. The summed E-state index contributed by atoms with van der Waals surface area (Å²) in [6.07, 6.45) is -1.17. The molecule has 1 fully saturated rings. The molecule has 1 aromatic heterocycles. The molecule has 1 saturated heterocycles. The van der Waals surface area contributed by atoms with E-state index >= 15 is 0 Å². The lowest BCUT2D eigenvalue weighted by molar-refractivity contribution is 0.122. The van der Waals surface area contributed by atoms with Gasteiger partial charge >= 0.3 is 0 Å². The molecule has 1 N–H and O–H groups in total. The third-order valence-corrected chi connectivity index (χ3v) is 4.22. The molecule has 0 spiro atoms. The highest BCUT2D eigenvalue weighted by Crippen LogP contribution is 2.26. The molecule has 0 radical (unpaired) electrons. The maximum atomic E-state index is 14.4. The van der Waals surface area contributed by atoms with Crippen LogP contribution in [-0.2, 0) is 4.74 Å². The quantitative estimate of drug-likeness (QED) is 0.877. The molecule has 1 aliphatic rings. The number of hydrogen-bond donors (Lipinski definition) is 1. The van der Waals surface area contributed by atoms with E-state index < -0.39 is 6.43 Å². The third kappa shape index (κ3) is 4.22. The zero-order valence-electron chi connectivity index (χ0n) is 13.9. The normalized spacial score (nSPS) is 16.1. The predicted molar refractivity (Wildman–Crippen MR) is 90.7 cm³/mol. The van der Waals surface area contributed by atoms with Gasteiger partial charge in [0, 0.05) is 25.0 Å². The molecule has 1 atom stereocenters. The Kier molecular flexibility index (Phi) is 5.43. The van der Waals surface area contributed by atoms with Gasteiger partial charge in [-0.2, -0.15) is 0 Å². The number of halogens is 3. The molecule has 7 heteroatoms. The number of rotatable bonds is 5. The van der Waals surface area contributed by atoms with Crippen molar-refractivity contribution >= 4 is 11.4 Å². The largest absolute Gasteiger partial charge is 0.378 e. The van der Waals surface area contributed by atoms with Crippen LogP contribution in [0.1, 0.15) is 30.6 Å². The van der Waals surface area contributed by atoms with Crippen LogP contribution < -0.4 is 10.2 Å². The number of morpholine rings is 1. The van der Waals surface area contributed by atoms with Crippen molar-refractivity contribution < 1.29 is 17.9 Å². The van der Waals surface area contributed by atoms with Crippen molar-refractivity contribution in [3.63, 3.8) is 0 Å². The number of nitrogens with one attached hydrogen (secondary N) is 1. The second-order valence-electron chi connectivity index (χ2n) is 5.95. The zero-order valence-corrected chi connectivity index (χ0v) is 13.9. The first kappa shape index (κ1) is 17.5. The number of anilines is 2. The fourth-order valence-corrected chi connectivity index (χ4v) is 2.79. The van der Waals surface area contributed by atoms with E-state index in [1.165, 1.54) is 18.3 Å². The first-order chi connectivity index (χ1) is 12.0. The minimum atomic E-state index is -2.58. The summed E-state index contributed by atoms with van der Waals surface area (Å²) >= 11 is 0. The van der Waals surface area contributed by atoms with Gasteiger partial charge in [-0.05, 0) is 36.8 Å². The Morgan fingerprint density at radius 3 is 2.52 bits per heavy atom. The molecule has 134 valence electrons. The first-order valence-corrected chi connectivity index (χ1v) is 8.17. The summed E-state index contributed by atoms with van der Waals surface area (Å²) < 4.78 is 44.8. The van der Waals surface area contributed by atoms with Crippen molar-refractivity contribution in [2.45, 2.75) is 19.4 Å². The SMILES string of the molecule is CC(Nc1ccc(N2CCOCC2)c(F)c1)c1ccc(C(F)F)nc1. The molecular weight excluding hydrogens is 331 g/mol. The van der Waals surface area contributed by atoms with Gasteiger partial charge in [0.15, 0.2) is 0 Å². The maximum absolute atomic E-state index is 14.4. The van der Waals surface area contributed by atoms with E-state index in [0.717, 1.165) is 5.56 Å². The lowest BCUT2D eigenvalue weighted by atomic mass is 10.1. The minimum Gasteiger partial charge on any atom is -0.378 e. The van der Waals surface area contributed by atoms with Crippen LogP contribution in [0.2, 0.25) is 0 Å². The summed E-state index contributed by atoms with van der Waals surface area (Å²) in [5.74, 6) is -0.301. The van der Waals surface area contributed by atoms with Crippen LogP contribution in [0.5, 0.6) is 0 Å². The smallest absolute Gasteiger partial charge is 0.280 e. The molecule has 0 saturated carbocycles. The fourth-order valence-electron chi connectivity index (χ4n) is 2.79. The number of alkyl halides is 2. The van der Waals surface area contributed by atoms with Gasteiger partial charge in [-0.3, -0.25) is 4.98 Å². The molecule has 4 nitrogen and oxygen atoms in total. The lowest BCUT2D eigenvalue weighted by Gasteiger charge is -2.29. The van der Waals surface area contributed by atoms with Crippen LogP contribution in [0, 0.1) is 5.82 Å². The molecule has 2 heterocycles. The van der Waals surface area contributed by atoms with Gasteiger partial charge in [-0.25, -0.2) is 13.2 Å². The molecule has 0 bridgehead atoms. The molecule has 1 unspecified atom stereocenters. The zero-order chi connectivity index (χ0) is 17.8. The molecule has 0 aliphatic carbocycles. The van der Waals surface area contributed by atoms with Crippen molar-refractivity contribution in [3.05, 3.63) is 53.6 Å². The van der Waals surface area contributed by atoms with E-state index in [1.807, 2.05) is 17.9 Å². The highest BCUT2D eigenvalue weighted by Gasteiger charge is 2.16. The second kappa shape index (κ2) is 7.74. The van der Waals surface area contributed by atoms with E-state index in [1.54, 1.807) is 12.1 Å². The Bertz CT molecular complexity index is 703. The third-order valence-electron chi connectivity index (χ3n) is 4.22. The molecular formula is C18H20F3N3O. The monoisotopic (exact) mass is 351 g/mol. The average Bonchev–Trinajstić information content (AvgIpc) is 2.62. The summed E-state index contributed by atoms with van der Waals surface area (Å²) in [5.41, 5.74) is 1.68. The Labute approximate surface area is 144 Å². The Morgan fingerprint density at radius 2 is 1.92 bits per heavy atom. The molecule has 3 rings (SSSR count). The molecule has 25 heavy (non-hydrogen) atoms. The van der Waals surface area contributed by atoms with Crippen molar-refractivity contribution in [2.24, 2.45) is 0 Å². The van der Waals surface area contributed by atoms with Gasteiger partial charge in [0.2, 0.25) is 0 Å². The van der Waals surface area contributed by atoms with E-state index in [9.17, 15) is 13.2 Å². The summed E-state index contributed by atoms with van der Waals surface area (Å²) in [6, 6.07) is 7.72. The number of ether oxygens (including phenoxy) is 1. The van der Waals surface area contributed by atoms with Crippen LogP contribution in [0.25, 0.3) is 0 Å². The van der Waals surface area contributed by atoms with Crippen molar-refractivity contribution in [1.82, 2.24) is 4.98 Å². The molecule has 1 aromatic carbocycles. The lowest BCUT2D eigenvalue weighted by Crippen LogP contribution is -2.36. The van der Waals surface area contributed by atoms with E-state index in [4.69, 9.17) is 4.74 Å². The minimum absolute atomic E-state index is 0.187. The van der Waals surface area contributed by atoms with Crippen molar-refractivity contribution in [1.29, 1.82) is 0 Å². The fraction of sp³-hybridized carbons (Fsp3) is 0.389. The van der Waals surface area contributed by atoms with Crippen LogP contribution in [0.3, 0.4) is 0 Å². The van der Waals surface area contributed by atoms with Gasteiger partial charge in [0.1, 0.15) is 11.5 Å². The summed E-state index contributed by atoms with van der Waals surface area (Å²) in [5, 5.41) is 3.17. The standard InChI is InChI=1S/C18H20F3N3O/c1-12(13-2-4-16(18(20)21)22-11-13)23-14-3-5-17(15(19)10-14)24-6-8-25-9-7-24/h2-5,10-12,18,23H,6-9H2,1H3. The summed E-state index contributed by atoms with van der Waals surface area (Å²) in [7, 11) is 0. The molecule has 1 aliphatic heterocycles. The van der Waals surface area contributed by atoms with Gasteiger partial charge in [0.25, 0.3) is 6.43 Å². The number of benzene rings is 1. The number of hydrogen-bond acceptors (Lipinski definition) is 4. The number of aromatic nitrogens is 1. The maximum Gasteiger partial charge on any atom is 0.280 e. The Balaban J connectivity index is 1.68. The van der Waals surface area contributed by atoms with E-state index in [2.05, 4.69) is 10.3 Å². The van der Waals surface area contributed by atoms with E-state index in [-0.39, 0.29) is 17.6 Å². The van der Waals surface area contributed by atoms with Gasteiger partial charge in [-0.1, -0.05) is 6.07 Å². The molecule has 2 aromatic rings. The second-order valence-corrected chi connectivity index (χ2v) is 5.95. The first-order valence-electron chi connectivity index (χ1n) is 8.17. The Hall–Kier alpha value is -2.28. The van der Waals surface area contributed by atoms with Gasteiger partial charge < -0.3 is 15.0 Å². The topological polar surface area (TPSA) is 37.4 Å². The number of pyridine rings is 1. The molecule has 0 amide bonds. The van der Waals surface area contributed by atoms with Crippen molar-refractivity contribution in [2.75, 3.05) is 36.5 Å². The van der Waals surface area contributed by atoms with Crippen LogP contribution in [-0.4, -0.2) is 31.3 Å². The highest BCUT2D eigenvalue weighted by molar-refractivity contribution is 5.57. The summed E-state index contributed by atoms with van der Waals surface area (Å²) in [4.78, 5) is 5.71. The predicted octanol–water partition coefficient (Wildman–Crippen LogP) is 4.17. The van der Waals surface area contributed by atoms with Crippen LogP contribution >= 0.6 is 0 Å². The van der Waals surface area contributed by atoms with Crippen LogP contribution in [0.4, 0.5) is 24.5 Å². The van der Waals surface area contributed by atoms with Crippen molar-refractivity contribution in [3.8, 4) is 0 Å². The average molecular weight is 351 g/mol.